The third-order valence-corrected chi connectivity index (χ3v) is 3.28. The molecule has 0 heterocycles. The molecule has 3 N–H and O–H groups in total. The van der Waals surface area contributed by atoms with Crippen molar-refractivity contribution in [3.8, 4) is 5.75 Å². The summed E-state index contributed by atoms with van der Waals surface area (Å²) in [5, 5.41) is 9.93. The normalized spacial score (nSPS) is 14.5. The predicted octanol–water partition coefficient (Wildman–Crippen LogP) is 2.76. The molecule has 17 heavy (non-hydrogen) atoms. The van der Waals surface area contributed by atoms with Crippen molar-refractivity contribution in [3.05, 3.63) is 27.7 Å². The SMILES string of the molecule is CCC(C)(O)COc1c(C)cc(Br)cc1CN. The van der Waals surface area contributed by atoms with Gasteiger partial charge in [0.2, 0.25) is 0 Å². The first kappa shape index (κ1) is 14.5. The second-order valence-electron chi connectivity index (χ2n) is 4.55. The van der Waals surface area contributed by atoms with Crippen LogP contribution in [-0.2, 0) is 6.54 Å². The fourth-order valence-electron chi connectivity index (χ4n) is 1.49. The summed E-state index contributed by atoms with van der Waals surface area (Å²) in [4.78, 5) is 0. The predicted molar refractivity (Wildman–Crippen MR) is 73.2 cm³/mol. The molecule has 1 rings (SSSR count). The minimum atomic E-state index is -0.800. The summed E-state index contributed by atoms with van der Waals surface area (Å²) < 4.78 is 6.71. The Hall–Kier alpha value is -0.580. The molecule has 0 spiro atoms. The maximum absolute atomic E-state index is 9.93. The van der Waals surface area contributed by atoms with Crippen molar-refractivity contribution in [2.24, 2.45) is 5.73 Å². The summed E-state index contributed by atoms with van der Waals surface area (Å²) >= 11 is 3.43. The molecule has 1 atom stereocenters. The molecule has 1 aromatic rings. The van der Waals surface area contributed by atoms with Crippen LogP contribution in [0, 0.1) is 6.92 Å². The molecule has 4 heteroatoms. The molecule has 0 aromatic heterocycles. The van der Waals surface area contributed by atoms with Gasteiger partial charge in [-0.1, -0.05) is 22.9 Å². The summed E-state index contributed by atoms with van der Waals surface area (Å²) in [7, 11) is 0. The van der Waals surface area contributed by atoms with Crippen LogP contribution in [0.25, 0.3) is 0 Å². The van der Waals surface area contributed by atoms with Crippen molar-refractivity contribution in [2.75, 3.05) is 6.61 Å². The van der Waals surface area contributed by atoms with E-state index in [1.807, 2.05) is 26.0 Å². The van der Waals surface area contributed by atoms with Gasteiger partial charge in [-0.25, -0.2) is 0 Å². The van der Waals surface area contributed by atoms with E-state index in [1.165, 1.54) is 0 Å². The van der Waals surface area contributed by atoms with Crippen molar-refractivity contribution in [1.82, 2.24) is 0 Å². The van der Waals surface area contributed by atoms with Crippen LogP contribution in [0.5, 0.6) is 5.75 Å². The number of hydrogen-bond acceptors (Lipinski definition) is 3. The van der Waals surface area contributed by atoms with Crippen LogP contribution >= 0.6 is 15.9 Å². The van der Waals surface area contributed by atoms with Gasteiger partial charge < -0.3 is 15.6 Å². The van der Waals surface area contributed by atoms with Crippen LogP contribution in [0.3, 0.4) is 0 Å². The zero-order valence-corrected chi connectivity index (χ0v) is 12.2. The van der Waals surface area contributed by atoms with Gasteiger partial charge in [-0.15, -0.1) is 0 Å². The Morgan fingerprint density at radius 2 is 2.12 bits per heavy atom. The van der Waals surface area contributed by atoms with Crippen molar-refractivity contribution >= 4 is 15.9 Å². The number of ether oxygens (including phenoxy) is 1. The average molecular weight is 302 g/mol. The largest absolute Gasteiger partial charge is 0.490 e. The fourth-order valence-corrected chi connectivity index (χ4v) is 2.11. The molecule has 0 saturated heterocycles. The van der Waals surface area contributed by atoms with Gasteiger partial charge in [-0.2, -0.15) is 0 Å². The van der Waals surface area contributed by atoms with Gasteiger partial charge in [0.1, 0.15) is 12.4 Å². The Bertz CT molecular complexity index is 391. The van der Waals surface area contributed by atoms with Crippen LogP contribution in [0.1, 0.15) is 31.4 Å². The van der Waals surface area contributed by atoms with Crippen molar-refractivity contribution in [3.63, 3.8) is 0 Å². The molecular formula is C13H20BrNO2. The van der Waals surface area contributed by atoms with Crippen LogP contribution < -0.4 is 10.5 Å². The van der Waals surface area contributed by atoms with E-state index in [4.69, 9.17) is 10.5 Å². The molecule has 0 radical (unpaired) electrons. The third kappa shape index (κ3) is 3.98. The molecule has 0 fully saturated rings. The van der Waals surface area contributed by atoms with E-state index in [1.54, 1.807) is 6.92 Å². The lowest BCUT2D eigenvalue weighted by Gasteiger charge is -2.23. The molecule has 0 bridgehead atoms. The molecule has 1 aromatic carbocycles. The van der Waals surface area contributed by atoms with Gasteiger partial charge in [0.15, 0.2) is 0 Å². The topological polar surface area (TPSA) is 55.5 Å². The zero-order valence-electron chi connectivity index (χ0n) is 10.6. The average Bonchev–Trinajstić information content (AvgIpc) is 2.26. The van der Waals surface area contributed by atoms with Crippen molar-refractivity contribution in [1.29, 1.82) is 0 Å². The third-order valence-electron chi connectivity index (χ3n) is 2.83. The Balaban J connectivity index is 2.90. The van der Waals surface area contributed by atoms with Gasteiger partial charge in [0.25, 0.3) is 0 Å². The Kier molecular flexibility index (Phi) is 4.98. The number of hydrogen-bond donors (Lipinski definition) is 2. The number of benzene rings is 1. The summed E-state index contributed by atoms with van der Waals surface area (Å²) in [5.41, 5.74) is 6.86. The molecule has 3 nitrogen and oxygen atoms in total. The van der Waals surface area contributed by atoms with E-state index in [9.17, 15) is 5.11 Å². The Morgan fingerprint density at radius 3 is 2.65 bits per heavy atom. The maximum Gasteiger partial charge on any atom is 0.126 e. The van der Waals surface area contributed by atoms with Gasteiger partial charge in [-0.05, 0) is 38.0 Å². The highest BCUT2D eigenvalue weighted by Crippen LogP contribution is 2.28. The minimum absolute atomic E-state index is 0.277. The molecular weight excluding hydrogens is 282 g/mol. The highest BCUT2D eigenvalue weighted by molar-refractivity contribution is 9.10. The molecule has 1 unspecified atom stereocenters. The number of nitrogens with two attached hydrogens (primary N) is 1. The van der Waals surface area contributed by atoms with Gasteiger partial charge in [0, 0.05) is 16.6 Å². The lowest BCUT2D eigenvalue weighted by molar-refractivity contribution is 0.00799. The van der Waals surface area contributed by atoms with Crippen molar-refractivity contribution < 1.29 is 9.84 Å². The molecule has 0 aliphatic rings. The standard InChI is InChI=1S/C13H20BrNO2/c1-4-13(3,16)8-17-12-9(2)5-11(14)6-10(12)7-15/h5-6,16H,4,7-8,15H2,1-3H3. The Morgan fingerprint density at radius 1 is 1.47 bits per heavy atom. The number of aryl methyl sites for hydroxylation is 1. The maximum atomic E-state index is 9.93. The van der Waals surface area contributed by atoms with Crippen LogP contribution in [0.2, 0.25) is 0 Å². The van der Waals surface area contributed by atoms with E-state index in [-0.39, 0.29) is 6.61 Å². The van der Waals surface area contributed by atoms with E-state index in [0.29, 0.717) is 13.0 Å². The van der Waals surface area contributed by atoms with Gasteiger partial charge in [0.05, 0.1) is 5.60 Å². The fraction of sp³-hybridized carbons (Fsp3) is 0.538. The highest BCUT2D eigenvalue weighted by atomic mass is 79.9. The molecule has 96 valence electrons. The second-order valence-corrected chi connectivity index (χ2v) is 5.47. The quantitative estimate of drug-likeness (QED) is 0.879. The highest BCUT2D eigenvalue weighted by Gasteiger charge is 2.19. The summed E-state index contributed by atoms with van der Waals surface area (Å²) in [6.45, 7) is 6.37. The van der Waals surface area contributed by atoms with Crippen LogP contribution in [-0.4, -0.2) is 17.3 Å². The monoisotopic (exact) mass is 301 g/mol. The lowest BCUT2D eigenvalue weighted by atomic mass is 10.1. The summed E-state index contributed by atoms with van der Waals surface area (Å²) in [6, 6.07) is 3.93. The number of halogens is 1. The molecule has 0 aliphatic carbocycles. The molecule has 0 aliphatic heterocycles. The van der Waals surface area contributed by atoms with Gasteiger partial charge >= 0.3 is 0 Å². The first-order valence-electron chi connectivity index (χ1n) is 5.74. The smallest absolute Gasteiger partial charge is 0.126 e. The summed E-state index contributed by atoms with van der Waals surface area (Å²) in [5.74, 6) is 0.782. The number of rotatable bonds is 5. The molecule has 0 amide bonds. The second kappa shape index (κ2) is 5.85. The van der Waals surface area contributed by atoms with E-state index in [2.05, 4.69) is 15.9 Å². The minimum Gasteiger partial charge on any atom is -0.490 e. The first-order chi connectivity index (χ1) is 7.89. The summed E-state index contributed by atoms with van der Waals surface area (Å²) in [6.07, 6.45) is 0.653. The van der Waals surface area contributed by atoms with Gasteiger partial charge in [-0.3, -0.25) is 0 Å². The first-order valence-corrected chi connectivity index (χ1v) is 6.53. The van der Waals surface area contributed by atoms with Crippen molar-refractivity contribution in [2.45, 2.75) is 39.3 Å². The van der Waals surface area contributed by atoms with E-state index < -0.39 is 5.60 Å². The zero-order chi connectivity index (χ0) is 13.1. The van der Waals surface area contributed by atoms with Crippen LogP contribution in [0.4, 0.5) is 0 Å². The molecule has 0 saturated carbocycles. The van der Waals surface area contributed by atoms with Crippen LogP contribution in [0.15, 0.2) is 16.6 Å². The lowest BCUT2D eigenvalue weighted by Crippen LogP contribution is -2.31. The Labute approximate surface area is 111 Å². The van der Waals surface area contributed by atoms with E-state index in [0.717, 1.165) is 21.3 Å². The number of aliphatic hydroxyl groups is 1. The van der Waals surface area contributed by atoms with E-state index >= 15 is 0 Å².